The summed E-state index contributed by atoms with van der Waals surface area (Å²) in [4.78, 5) is 13.6. The Morgan fingerprint density at radius 2 is 2.15 bits per heavy atom. The molecule has 1 amide bonds. The van der Waals surface area contributed by atoms with Gasteiger partial charge in [-0.2, -0.15) is 0 Å². The molecule has 5 heteroatoms. The highest BCUT2D eigenvalue weighted by Crippen LogP contribution is 2.34. The molecule has 0 atom stereocenters. The smallest absolute Gasteiger partial charge is 0.262 e. The van der Waals surface area contributed by atoms with E-state index in [1.54, 1.807) is 12.1 Å². The van der Waals surface area contributed by atoms with Gasteiger partial charge >= 0.3 is 0 Å². The Balaban J connectivity index is 1.77. The van der Waals surface area contributed by atoms with E-state index in [1.807, 2.05) is 0 Å². The Bertz CT molecular complexity index is 525. The third kappa shape index (κ3) is 2.63. The van der Waals surface area contributed by atoms with Gasteiger partial charge in [0.2, 0.25) is 0 Å². The van der Waals surface area contributed by atoms with Gasteiger partial charge in [0.15, 0.2) is 12.4 Å². The van der Waals surface area contributed by atoms with Crippen molar-refractivity contribution in [1.82, 2.24) is 4.90 Å². The third-order valence-electron chi connectivity index (χ3n) is 4.15. The maximum absolute atomic E-state index is 14.5. The van der Waals surface area contributed by atoms with Gasteiger partial charge in [-0.3, -0.25) is 4.79 Å². The number of carbonyl (C=O) groups is 1. The lowest BCUT2D eigenvalue weighted by molar-refractivity contribution is -0.118. The number of hydrogen-bond donors (Lipinski definition) is 1. The number of piperidine rings is 1. The van der Waals surface area contributed by atoms with Crippen LogP contribution in [0.15, 0.2) is 12.1 Å². The summed E-state index contributed by atoms with van der Waals surface area (Å²) in [5.74, 6) is 0.301. The Kier molecular flexibility index (Phi) is 3.61. The molecular weight excluding hydrogens is 259 g/mol. The molecule has 2 aliphatic rings. The number of fused-ring (bicyclic) bond motifs is 1. The Morgan fingerprint density at radius 3 is 2.90 bits per heavy atom. The predicted molar refractivity (Wildman–Crippen MR) is 74.4 cm³/mol. The molecule has 0 unspecified atom stereocenters. The van der Waals surface area contributed by atoms with Gasteiger partial charge in [0.05, 0.1) is 0 Å². The monoisotopic (exact) mass is 278 g/mol. The van der Waals surface area contributed by atoms with Crippen LogP contribution in [0.2, 0.25) is 0 Å². The summed E-state index contributed by atoms with van der Waals surface area (Å²) < 4.78 is 19.7. The maximum atomic E-state index is 14.5. The molecule has 1 fully saturated rings. The molecule has 1 N–H and O–H groups in total. The van der Waals surface area contributed by atoms with Gasteiger partial charge in [-0.15, -0.1) is 0 Å². The van der Waals surface area contributed by atoms with Gasteiger partial charge in [0.25, 0.3) is 5.91 Å². The molecule has 2 heterocycles. The van der Waals surface area contributed by atoms with E-state index in [4.69, 9.17) is 4.74 Å². The SMILES string of the molecule is CN1CCC(Cc2ccc3c(c2F)NC(=O)CO3)CC1. The van der Waals surface area contributed by atoms with E-state index in [1.165, 1.54) is 0 Å². The van der Waals surface area contributed by atoms with Crippen LogP contribution in [-0.4, -0.2) is 37.6 Å². The van der Waals surface area contributed by atoms with Gasteiger partial charge in [-0.1, -0.05) is 6.07 Å². The van der Waals surface area contributed by atoms with Crippen LogP contribution in [0.25, 0.3) is 0 Å². The Labute approximate surface area is 117 Å². The number of benzene rings is 1. The first-order valence-corrected chi connectivity index (χ1v) is 7.06. The first kappa shape index (κ1) is 13.4. The van der Waals surface area contributed by atoms with Crippen LogP contribution in [0.3, 0.4) is 0 Å². The largest absolute Gasteiger partial charge is 0.481 e. The van der Waals surface area contributed by atoms with Crippen molar-refractivity contribution in [1.29, 1.82) is 0 Å². The van der Waals surface area contributed by atoms with E-state index in [0.29, 0.717) is 17.2 Å². The highest BCUT2D eigenvalue weighted by molar-refractivity contribution is 5.95. The summed E-state index contributed by atoms with van der Waals surface area (Å²) in [5, 5.41) is 2.57. The number of likely N-dealkylation sites (tertiary alicyclic amines) is 1. The van der Waals surface area contributed by atoms with Crippen molar-refractivity contribution in [2.45, 2.75) is 19.3 Å². The number of nitrogens with one attached hydrogen (secondary N) is 1. The predicted octanol–water partition coefficient (Wildman–Crippen LogP) is 2.04. The molecule has 0 aliphatic carbocycles. The van der Waals surface area contributed by atoms with Gasteiger partial charge in [0, 0.05) is 0 Å². The summed E-state index contributed by atoms with van der Waals surface area (Å²) in [7, 11) is 2.11. The fourth-order valence-electron chi connectivity index (χ4n) is 2.89. The highest BCUT2D eigenvalue weighted by Gasteiger charge is 2.24. The molecule has 0 radical (unpaired) electrons. The van der Waals surface area contributed by atoms with Crippen molar-refractivity contribution in [2.24, 2.45) is 5.92 Å². The lowest BCUT2D eigenvalue weighted by atomic mass is 9.90. The van der Waals surface area contributed by atoms with Crippen molar-refractivity contribution in [3.8, 4) is 5.75 Å². The number of halogens is 1. The molecule has 1 aromatic carbocycles. The zero-order valence-electron chi connectivity index (χ0n) is 11.6. The molecular formula is C15H19FN2O2. The molecule has 0 bridgehead atoms. The van der Waals surface area contributed by atoms with E-state index in [0.717, 1.165) is 32.4 Å². The van der Waals surface area contributed by atoms with Gasteiger partial charge < -0.3 is 15.0 Å². The average molecular weight is 278 g/mol. The molecule has 0 spiro atoms. The molecule has 3 rings (SSSR count). The fourth-order valence-corrected chi connectivity index (χ4v) is 2.89. The number of nitrogens with zero attached hydrogens (tertiary/aromatic N) is 1. The molecule has 1 aromatic rings. The molecule has 2 aliphatic heterocycles. The molecule has 1 saturated heterocycles. The zero-order chi connectivity index (χ0) is 14.1. The quantitative estimate of drug-likeness (QED) is 0.900. The highest BCUT2D eigenvalue weighted by atomic mass is 19.1. The van der Waals surface area contributed by atoms with Crippen LogP contribution in [0.1, 0.15) is 18.4 Å². The van der Waals surface area contributed by atoms with E-state index < -0.39 is 0 Å². The van der Waals surface area contributed by atoms with E-state index >= 15 is 0 Å². The van der Waals surface area contributed by atoms with Crippen molar-refractivity contribution in [3.05, 3.63) is 23.5 Å². The summed E-state index contributed by atoms with van der Waals surface area (Å²) in [6.45, 7) is 2.09. The summed E-state index contributed by atoms with van der Waals surface area (Å²) in [6.07, 6.45) is 2.91. The maximum Gasteiger partial charge on any atom is 0.262 e. The topological polar surface area (TPSA) is 41.6 Å². The van der Waals surface area contributed by atoms with Crippen LogP contribution in [0, 0.1) is 11.7 Å². The number of hydrogen-bond acceptors (Lipinski definition) is 3. The first-order valence-electron chi connectivity index (χ1n) is 7.06. The van der Waals surface area contributed by atoms with Crippen molar-refractivity contribution < 1.29 is 13.9 Å². The number of anilines is 1. The van der Waals surface area contributed by atoms with Crippen LogP contribution in [0.4, 0.5) is 10.1 Å². The number of amides is 1. The van der Waals surface area contributed by atoms with Gasteiger partial charge in [-0.25, -0.2) is 4.39 Å². The lowest BCUT2D eigenvalue weighted by Crippen LogP contribution is -2.31. The first-order chi connectivity index (χ1) is 9.63. The minimum Gasteiger partial charge on any atom is -0.481 e. The molecule has 20 heavy (non-hydrogen) atoms. The summed E-state index contributed by atoms with van der Waals surface area (Å²) in [6, 6.07) is 3.53. The Morgan fingerprint density at radius 1 is 1.40 bits per heavy atom. The summed E-state index contributed by atoms with van der Waals surface area (Å²) >= 11 is 0. The van der Waals surface area contributed by atoms with Crippen LogP contribution in [0.5, 0.6) is 5.75 Å². The minimum atomic E-state index is -0.338. The second-order valence-electron chi connectivity index (χ2n) is 5.70. The molecule has 4 nitrogen and oxygen atoms in total. The Hall–Kier alpha value is -1.62. The van der Waals surface area contributed by atoms with Crippen LogP contribution in [-0.2, 0) is 11.2 Å². The molecule has 0 saturated carbocycles. The van der Waals surface area contributed by atoms with E-state index in [9.17, 15) is 9.18 Å². The minimum absolute atomic E-state index is 0.0409. The fraction of sp³-hybridized carbons (Fsp3) is 0.533. The second-order valence-corrected chi connectivity index (χ2v) is 5.70. The normalized spacial score (nSPS) is 20.2. The van der Waals surface area contributed by atoms with Gasteiger partial charge in [-0.05, 0) is 56.9 Å². The standard InChI is InChI=1S/C15H19FN2O2/c1-18-6-4-10(5-7-18)8-11-2-3-12-15(14(11)16)17-13(19)9-20-12/h2-3,10H,4-9H2,1H3,(H,17,19). The van der Waals surface area contributed by atoms with Gasteiger partial charge in [0.1, 0.15) is 11.4 Å². The number of ether oxygens (including phenoxy) is 1. The molecule has 108 valence electrons. The number of rotatable bonds is 2. The molecule has 0 aromatic heterocycles. The van der Waals surface area contributed by atoms with Crippen molar-refractivity contribution in [3.63, 3.8) is 0 Å². The number of carbonyl (C=O) groups excluding carboxylic acids is 1. The second kappa shape index (κ2) is 5.40. The van der Waals surface area contributed by atoms with Crippen LogP contribution < -0.4 is 10.1 Å². The van der Waals surface area contributed by atoms with Crippen molar-refractivity contribution >= 4 is 11.6 Å². The van der Waals surface area contributed by atoms with E-state index in [-0.39, 0.29) is 24.0 Å². The summed E-state index contributed by atoms with van der Waals surface area (Å²) in [5.41, 5.74) is 0.871. The van der Waals surface area contributed by atoms with Crippen molar-refractivity contribution in [2.75, 3.05) is 32.1 Å². The van der Waals surface area contributed by atoms with E-state index in [2.05, 4.69) is 17.3 Å². The lowest BCUT2D eigenvalue weighted by Gasteiger charge is -2.29. The van der Waals surface area contributed by atoms with Crippen LogP contribution >= 0.6 is 0 Å². The third-order valence-corrected chi connectivity index (χ3v) is 4.15. The zero-order valence-corrected chi connectivity index (χ0v) is 11.6. The average Bonchev–Trinajstić information content (AvgIpc) is 2.45.